The first-order chi connectivity index (χ1) is 14.3. The van der Waals surface area contributed by atoms with E-state index >= 15 is 0 Å². The molecular formula is C23H21Cl2NO4. The molecule has 0 aliphatic heterocycles. The molecule has 2 aromatic carbocycles. The second-order valence-corrected chi connectivity index (χ2v) is 8.19. The molecule has 0 saturated carbocycles. The maximum atomic E-state index is 13.0. The number of carboxylic acid groups (broad SMARTS) is 1. The van der Waals surface area contributed by atoms with Crippen molar-refractivity contribution >= 4 is 35.1 Å². The molecule has 2 N–H and O–H groups in total. The summed E-state index contributed by atoms with van der Waals surface area (Å²) in [7, 11) is 0. The number of nitrogens with one attached hydrogen (secondary N) is 1. The molecular weight excluding hydrogens is 425 g/mol. The maximum Gasteiger partial charge on any atom is 0.335 e. The van der Waals surface area contributed by atoms with Gasteiger partial charge < -0.3 is 15.2 Å². The van der Waals surface area contributed by atoms with Crippen LogP contribution in [-0.4, -0.2) is 28.5 Å². The van der Waals surface area contributed by atoms with Crippen LogP contribution in [0.15, 0.2) is 72.8 Å². The Kier molecular flexibility index (Phi) is 6.85. The highest BCUT2D eigenvalue weighted by atomic mass is 35.5. The number of benzene rings is 2. The zero-order valence-electron chi connectivity index (χ0n) is 16.2. The number of carbonyl (C=O) groups excluding carboxylic acids is 1. The van der Waals surface area contributed by atoms with E-state index in [2.05, 4.69) is 5.32 Å². The van der Waals surface area contributed by atoms with Gasteiger partial charge in [0.25, 0.3) is 0 Å². The number of alkyl halides is 1. The van der Waals surface area contributed by atoms with Crippen molar-refractivity contribution in [1.29, 1.82) is 0 Å². The lowest BCUT2D eigenvalue weighted by molar-refractivity contribution is -0.125. The minimum atomic E-state index is -1.05. The van der Waals surface area contributed by atoms with Crippen LogP contribution in [0.4, 0.5) is 0 Å². The third-order valence-corrected chi connectivity index (χ3v) is 5.60. The summed E-state index contributed by atoms with van der Waals surface area (Å²) in [5, 5.41) is 12.6. The number of hydrogen-bond acceptors (Lipinski definition) is 3. The summed E-state index contributed by atoms with van der Waals surface area (Å²) < 4.78 is 5.80. The van der Waals surface area contributed by atoms with Crippen molar-refractivity contribution in [3.63, 3.8) is 0 Å². The van der Waals surface area contributed by atoms with Crippen molar-refractivity contribution in [3.05, 3.63) is 89.0 Å². The Hall–Kier alpha value is -2.76. The Labute approximate surface area is 185 Å². The number of hydrogen-bond donors (Lipinski definition) is 2. The molecule has 0 aromatic heterocycles. The molecule has 3 rings (SSSR count). The molecule has 0 radical (unpaired) electrons. The molecule has 1 amide bonds. The minimum Gasteiger partial charge on any atom is -0.491 e. The predicted octanol–water partition coefficient (Wildman–Crippen LogP) is 5.01. The lowest BCUT2D eigenvalue weighted by Crippen LogP contribution is -2.46. The average Bonchev–Trinajstić information content (AvgIpc) is 2.73. The number of carbonyl (C=O) groups is 2. The van der Waals surface area contributed by atoms with Gasteiger partial charge in [-0.3, -0.25) is 4.79 Å². The highest BCUT2D eigenvalue weighted by Gasteiger charge is 2.40. The second kappa shape index (κ2) is 9.37. The van der Waals surface area contributed by atoms with Crippen molar-refractivity contribution in [2.24, 2.45) is 5.92 Å². The van der Waals surface area contributed by atoms with E-state index < -0.39 is 16.8 Å². The van der Waals surface area contributed by atoms with Crippen LogP contribution in [0.3, 0.4) is 0 Å². The summed E-state index contributed by atoms with van der Waals surface area (Å²) in [5.41, 5.74) is 0.984. The SMILES string of the molecule is C[C@H](NC(=O)C1C=CC=CC1(Cl)COc1ccc(Cl)cc1)c1ccc(C(=O)O)cc1. The van der Waals surface area contributed by atoms with Gasteiger partial charge in [0.1, 0.15) is 17.2 Å². The molecule has 2 aromatic rings. The Morgan fingerprint density at radius 1 is 1.13 bits per heavy atom. The lowest BCUT2D eigenvalue weighted by Gasteiger charge is -2.32. The van der Waals surface area contributed by atoms with Crippen molar-refractivity contribution < 1.29 is 19.4 Å². The van der Waals surface area contributed by atoms with Gasteiger partial charge in [-0.1, -0.05) is 48.0 Å². The number of carboxylic acids is 1. The Morgan fingerprint density at radius 3 is 2.43 bits per heavy atom. The first-order valence-corrected chi connectivity index (χ1v) is 10.1. The van der Waals surface area contributed by atoms with Gasteiger partial charge in [0.05, 0.1) is 17.5 Å². The summed E-state index contributed by atoms with van der Waals surface area (Å²) in [6.07, 6.45) is 7.06. The quantitative estimate of drug-likeness (QED) is 0.586. The molecule has 0 saturated heterocycles. The zero-order chi connectivity index (χ0) is 21.7. The van der Waals surface area contributed by atoms with Gasteiger partial charge in [-0.15, -0.1) is 11.6 Å². The molecule has 1 aliphatic carbocycles. The fourth-order valence-corrected chi connectivity index (χ4v) is 3.55. The van der Waals surface area contributed by atoms with Crippen LogP contribution < -0.4 is 10.1 Å². The normalized spacial score (nSPS) is 21.1. The number of rotatable bonds is 7. The van der Waals surface area contributed by atoms with Gasteiger partial charge in [-0.25, -0.2) is 4.79 Å². The Morgan fingerprint density at radius 2 is 1.80 bits per heavy atom. The second-order valence-electron chi connectivity index (χ2n) is 7.05. The third-order valence-electron chi connectivity index (χ3n) is 4.88. The van der Waals surface area contributed by atoms with Crippen LogP contribution in [-0.2, 0) is 4.79 Å². The van der Waals surface area contributed by atoms with Crippen LogP contribution in [0.1, 0.15) is 28.9 Å². The molecule has 7 heteroatoms. The molecule has 0 bridgehead atoms. The summed E-state index contributed by atoms with van der Waals surface area (Å²) in [6, 6.07) is 13.0. The lowest BCUT2D eigenvalue weighted by atomic mass is 9.87. The summed E-state index contributed by atoms with van der Waals surface area (Å²) in [6.45, 7) is 1.92. The maximum absolute atomic E-state index is 13.0. The molecule has 30 heavy (non-hydrogen) atoms. The van der Waals surface area contributed by atoms with Gasteiger partial charge in [-0.05, 0) is 48.9 Å². The molecule has 0 fully saturated rings. The Bertz CT molecular complexity index is 970. The average molecular weight is 446 g/mol. The molecule has 5 nitrogen and oxygen atoms in total. The summed E-state index contributed by atoms with van der Waals surface area (Å²) in [5.74, 6) is -1.28. The van der Waals surface area contributed by atoms with E-state index in [1.54, 1.807) is 60.7 Å². The number of amides is 1. The van der Waals surface area contributed by atoms with E-state index in [0.717, 1.165) is 5.56 Å². The molecule has 1 aliphatic rings. The fraction of sp³-hybridized carbons (Fsp3) is 0.217. The van der Waals surface area contributed by atoms with E-state index in [-0.39, 0.29) is 24.1 Å². The van der Waals surface area contributed by atoms with Crippen molar-refractivity contribution in [3.8, 4) is 5.75 Å². The first-order valence-electron chi connectivity index (χ1n) is 9.35. The number of ether oxygens (including phenoxy) is 1. The highest BCUT2D eigenvalue weighted by molar-refractivity contribution is 6.30. The number of halogens is 2. The highest BCUT2D eigenvalue weighted by Crippen LogP contribution is 2.33. The van der Waals surface area contributed by atoms with Gasteiger partial charge in [0.2, 0.25) is 5.91 Å². The van der Waals surface area contributed by atoms with Gasteiger partial charge in [-0.2, -0.15) is 0 Å². The Balaban J connectivity index is 1.67. The van der Waals surface area contributed by atoms with E-state index in [4.69, 9.17) is 33.0 Å². The summed E-state index contributed by atoms with van der Waals surface area (Å²) >= 11 is 12.7. The van der Waals surface area contributed by atoms with Gasteiger partial charge >= 0.3 is 5.97 Å². The van der Waals surface area contributed by atoms with Crippen molar-refractivity contribution in [2.45, 2.75) is 17.8 Å². The molecule has 2 unspecified atom stereocenters. The monoisotopic (exact) mass is 445 g/mol. The predicted molar refractivity (Wildman–Crippen MR) is 117 cm³/mol. The molecule has 156 valence electrons. The third kappa shape index (κ3) is 5.23. The number of allylic oxidation sites excluding steroid dienone is 2. The zero-order valence-corrected chi connectivity index (χ0v) is 17.7. The van der Waals surface area contributed by atoms with Gasteiger partial charge in [0, 0.05) is 5.02 Å². The van der Waals surface area contributed by atoms with Crippen LogP contribution in [0, 0.1) is 5.92 Å². The van der Waals surface area contributed by atoms with Gasteiger partial charge in [0.15, 0.2) is 0 Å². The molecule has 0 heterocycles. The van der Waals surface area contributed by atoms with E-state index in [1.165, 1.54) is 12.1 Å². The van der Waals surface area contributed by atoms with Crippen LogP contribution in [0.2, 0.25) is 5.02 Å². The first kappa shape index (κ1) is 21.9. The van der Waals surface area contributed by atoms with E-state index in [0.29, 0.717) is 10.8 Å². The minimum absolute atomic E-state index is 0.0941. The standard InChI is InChI=1S/C23H21Cl2NO4/c1-15(16-5-7-17(8-6-16)22(28)29)26-21(27)20-4-2-3-13-23(20,25)14-30-19-11-9-18(24)10-12-19/h2-13,15,20H,14H2,1H3,(H,26,27)(H,28,29)/t15-,20?,23?/m0/s1. The summed E-state index contributed by atoms with van der Waals surface area (Å²) in [4.78, 5) is 22.9. The largest absolute Gasteiger partial charge is 0.491 e. The molecule has 3 atom stereocenters. The van der Waals surface area contributed by atoms with Crippen LogP contribution in [0.25, 0.3) is 0 Å². The van der Waals surface area contributed by atoms with Crippen molar-refractivity contribution in [1.82, 2.24) is 5.32 Å². The fourth-order valence-electron chi connectivity index (χ4n) is 3.12. The van der Waals surface area contributed by atoms with Crippen molar-refractivity contribution in [2.75, 3.05) is 6.61 Å². The smallest absolute Gasteiger partial charge is 0.335 e. The van der Waals surface area contributed by atoms with Crippen LogP contribution in [0.5, 0.6) is 5.75 Å². The van der Waals surface area contributed by atoms with E-state index in [1.807, 2.05) is 6.92 Å². The van der Waals surface area contributed by atoms with Crippen LogP contribution >= 0.6 is 23.2 Å². The number of aromatic carboxylic acids is 1. The van der Waals surface area contributed by atoms with E-state index in [9.17, 15) is 9.59 Å². The topological polar surface area (TPSA) is 75.6 Å². The molecule has 0 spiro atoms.